The van der Waals surface area contributed by atoms with Gasteiger partial charge in [0.15, 0.2) is 17.8 Å². The summed E-state index contributed by atoms with van der Waals surface area (Å²) in [5.41, 5.74) is -0.0567. The molecule has 2 saturated heterocycles. The number of carbonyl (C=O) groups is 2. The van der Waals surface area contributed by atoms with E-state index in [1.807, 2.05) is 0 Å². The summed E-state index contributed by atoms with van der Waals surface area (Å²) in [6, 6.07) is 3.33. The Morgan fingerprint density at radius 3 is 2.48 bits per heavy atom. The summed E-state index contributed by atoms with van der Waals surface area (Å²) in [7, 11) is 0. The highest BCUT2D eigenvalue weighted by molar-refractivity contribution is 5.90. The molecule has 0 spiro atoms. The first kappa shape index (κ1) is 21.3. The van der Waals surface area contributed by atoms with E-state index in [-0.39, 0.29) is 18.8 Å². The summed E-state index contributed by atoms with van der Waals surface area (Å²) in [6.07, 6.45) is -6.91. The maximum atomic E-state index is 12.1. The fourth-order valence-electron chi connectivity index (χ4n) is 2.98. The van der Waals surface area contributed by atoms with Crippen LogP contribution in [0.15, 0.2) is 18.2 Å². The molecule has 2 fully saturated rings. The molecule has 1 aromatic carbocycles. The lowest BCUT2D eigenvalue weighted by Gasteiger charge is -2.40. The SMILES string of the molecule is O=C(OC[C@@H]1O[C@@H](OC[C@H]2CCOC2=O)[C@H](O)[C@@H](O)[C@@H]1O)c1ccc(O)c(O)c1. The molecule has 0 amide bonds. The molecule has 2 heterocycles. The zero-order valence-electron chi connectivity index (χ0n) is 15.2. The molecule has 2 aliphatic rings. The molecule has 0 aliphatic carbocycles. The van der Waals surface area contributed by atoms with Crippen molar-refractivity contribution in [3.05, 3.63) is 23.8 Å². The maximum absolute atomic E-state index is 12.1. The van der Waals surface area contributed by atoms with E-state index in [0.717, 1.165) is 12.1 Å². The quantitative estimate of drug-likeness (QED) is 0.275. The molecule has 2 aliphatic heterocycles. The molecule has 1 aromatic rings. The third-order valence-corrected chi connectivity index (χ3v) is 4.76. The van der Waals surface area contributed by atoms with Gasteiger partial charge in [-0.2, -0.15) is 0 Å². The van der Waals surface area contributed by atoms with Crippen LogP contribution >= 0.6 is 0 Å². The predicted octanol–water partition coefficient (Wildman–Crippen LogP) is -1.36. The number of phenols is 2. The van der Waals surface area contributed by atoms with Crippen LogP contribution in [0.25, 0.3) is 0 Å². The number of aliphatic hydroxyl groups excluding tert-OH is 3. The van der Waals surface area contributed by atoms with Crippen LogP contribution in [0.3, 0.4) is 0 Å². The molecule has 0 saturated carbocycles. The van der Waals surface area contributed by atoms with Crippen LogP contribution < -0.4 is 0 Å². The Kier molecular flexibility index (Phi) is 6.55. The van der Waals surface area contributed by atoms with Crippen LogP contribution in [0.1, 0.15) is 16.8 Å². The zero-order chi connectivity index (χ0) is 21.1. The number of rotatable bonds is 6. The van der Waals surface area contributed by atoms with E-state index in [1.54, 1.807) is 0 Å². The Hall–Kier alpha value is -2.44. The normalized spacial score (nSPS) is 32.0. The van der Waals surface area contributed by atoms with Crippen LogP contribution in [0.4, 0.5) is 0 Å². The van der Waals surface area contributed by atoms with Gasteiger partial charge in [0.25, 0.3) is 0 Å². The maximum Gasteiger partial charge on any atom is 0.338 e. The summed E-state index contributed by atoms with van der Waals surface area (Å²) in [6.45, 7) is -0.326. The van der Waals surface area contributed by atoms with Crippen molar-refractivity contribution in [2.24, 2.45) is 5.92 Å². The molecule has 0 unspecified atom stereocenters. The number of phenolic OH excluding ortho intramolecular Hbond substituents is 2. The topological polar surface area (TPSA) is 172 Å². The Bertz CT molecular complexity index is 751. The van der Waals surface area contributed by atoms with Gasteiger partial charge in [0.2, 0.25) is 0 Å². The fraction of sp³-hybridized carbons (Fsp3) is 0.556. The second-order valence-electron chi connectivity index (χ2n) is 6.80. The molecule has 11 heteroatoms. The first-order valence-corrected chi connectivity index (χ1v) is 8.95. The molecule has 0 aromatic heterocycles. The molecule has 160 valence electrons. The van der Waals surface area contributed by atoms with E-state index in [2.05, 4.69) is 0 Å². The van der Waals surface area contributed by atoms with E-state index in [1.165, 1.54) is 6.07 Å². The standard InChI is InChI=1S/C18H22O11/c19-10-2-1-8(5-11(10)20)16(24)27-7-12-13(21)14(22)15(23)18(29-12)28-6-9-3-4-26-17(9)25/h1-2,5,9,12-15,18-23H,3-4,6-7H2/t9-,12+,13-,14+,15-,18-/m1/s1. The van der Waals surface area contributed by atoms with Gasteiger partial charge < -0.3 is 44.5 Å². The third kappa shape index (κ3) is 4.77. The summed E-state index contributed by atoms with van der Waals surface area (Å²) in [5, 5.41) is 48.9. The molecule has 3 rings (SSSR count). The van der Waals surface area contributed by atoms with Gasteiger partial charge in [0.05, 0.1) is 24.7 Å². The third-order valence-electron chi connectivity index (χ3n) is 4.76. The van der Waals surface area contributed by atoms with Crippen LogP contribution in [-0.4, -0.2) is 88.0 Å². The van der Waals surface area contributed by atoms with Gasteiger partial charge in [-0.15, -0.1) is 0 Å². The van der Waals surface area contributed by atoms with Gasteiger partial charge in [0.1, 0.15) is 31.0 Å². The van der Waals surface area contributed by atoms with E-state index in [9.17, 15) is 35.1 Å². The van der Waals surface area contributed by atoms with Gasteiger partial charge in [-0.3, -0.25) is 4.79 Å². The van der Waals surface area contributed by atoms with Crippen molar-refractivity contribution >= 4 is 11.9 Å². The van der Waals surface area contributed by atoms with E-state index in [4.69, 9.17) is 18.9 Å². The summed E-state index contributed by atoms with van der Waals surface area (Å²) < 4.78 is 20.6. The van der Waals surface area contributed by atoms with Crippen LogP contribution in [-0.2, 0) is 23.7 Å². The number of ether oxygens (including phenoxy) is 4. The number of carbonyl (C=O) groups excluding carboxylic acids is 2. The smallest absolute Gasteiger partial charge is 0.338 e. The van der Waals surface area contributed by atoms with Crippen LogP contribution in [0, 0.1) is 5.92 Å². The molecule has 5 N–H and O–H groups in total. The first-order valence-electron chi connectivity index (χ1n) is 8.95. The minimum Gasteiger partial charge on any atom is -0.504 e. The van der Waals surface area contributed by atoms with Crippen molar-refractivity contribution < 1.29 is 54.1 Å². The summed E-state index contributed by atoms with van der Waals surface area (Å²) in [4.78, 5) is 23.6. The molecule has 6 atom stereocenters. The Balaban J connectivity index is 1.57. The Morgan fingerprint density at radius 2 is 1.83 bits per heavy atom. The summed E-state index contributed by atoms with van der Waals surface area (Å²) >= 11 is 0. The monoisotopic (exact) mass is 414 g/mol. The molecule has 0 bridgehead atoms. The molecular formula is C18H22O11. The zero-order valence-corrected chi connectivity index (χ0v) is 15.2. The minimum atomic E-state index is -1.63. The van der Waals surface area contributed by atoms with Crippen molar-refractivity contribution in [2.75, 3.05) is 19.8 Å². The van der Waals surface area contributed by atoms with Crippen molar-refractivity contribution in [1.82, 2.24) is 0 Å². The second kappa shape index (κ2) is 8.93. The van der Waals surface area contributed by atoms with Gasteiger partial charge in [0, 0.05) is 0 Å². The van der Waals surface area contributed by atoms with E-state index >= 15 is 0 Å². The summed E-state index contributed by atoms with van der Waals surface area (Å²) in [5.74, 6) is -2.74. The molecular weight excluding hydrogens is 392 g/mol. The Morgan fingerprint density at radius 1 is 1.07 bits per heavy atom. The van der Waals surface area contributed by atoms with E-state index in [0.29, 0.717) is 6.42 Å². The van der Waals surface area contributed by atoms with Gasteiger partial charge >= 0.3 is 11.9 Å². The van der Waals surface area contributed by atoms with Gasteiger partial charge in [-0.05, 0) is 24.6 Å². The number of aliphatic hydroxyl groups is 3. The van der Waals surface area contributed by atoms with Crippen molar-refractivity contribution in [3.63, 3.8) is 0 Å². The number of hydrogen-bond donors (Lipinski definition) is 5. The van der Waals surface area contributed by atoms with Crippen molar-refractivity contribution in [1.29, 1.82) is 0 Å². The van der Waals surface area contributed by atoms with Crippen molar-refractivity contribution in [3.8, 4) is 11.5 Å². The fourth-order valence-corrected chi connectivity index (χ4v) is 2.98. The van der Waals surface area contributed by atoms with Gasteiger partial charge in [-0.25, -0.2) is 4.79 Å². The van der Waals surface area contributed by atoms with E-state index < -0.39 is 66.7 Å². The lowest BCUT2D eigenvalue weighted by Crippen LogP contribution is -2.59. The number of esters is 2. The minimum absolute atomic E-state index is 0.0567. The molecule has 29 heavy (non-hydrogen) atoms. The molecule has 0 radical (unpaired) electrons. The number of cyclic esters (lactones) is 1. The van der Waals surface area contributed by atoms with Gasteiger partial charge in [-0.1, -0.05) is 0 Å². The predicted molar refractivity (Wildman–Crippen MR) is 91.8 cm³/mol. The highest BCUT2D eigenvalue weighted by Gasteiger charge is 2.45. The lowest BCUT2D eigenvalue weighted by molar-refractivity contribution is -0.302. The largest absolute Gasteiger partial charge is 0.504 e. The second-order valence-corrected chi connectivity index (χ2v) is 6.80. The first-order chi connectivity index (χ1) is 13.8. The highest BCUT2D eigenvalue weighted by atomic mass is 16.7. The average Bonchev–Trinajstić information content (AvgIpc) is 3.11. The highest BCUT2D eigenvalue weighted by Crippen LogP contribution is 2.27. The number of aromatic hydroxyl groups is 2. The Labute approximate surface area is 165 Å². The average molecular weight is 414 g/mol. The van der Waals surface area contributed by atoms with Crippen LogP contribution in [0.2, 0.25) is 0 Å². The van der Waals surface area contributed by atoms with Crippen LogP contribution in [0.5, 0.6) is 11.5 Å². The molecule has 11 nitrogen and oxygen atoms in total. The van der Waals surface area contributed by atoms with Crippen molar-refractivity contribution in [2.45, 2.75) is 37.1 Å². The lowest BCUT2D eigenvalue weighted by atomic mass is 9.99. The number of hydrogen-bond acceptors (Lipinski definition) is 11. The number of benzene rings is 1.